The highest BCUT2D eigenvalue weighted by Crippen LogP contribution is 2.21. The second-order valence-corrected chi connectivity index (χ2v) is 6.64. The van der Waals surface area contributed by atoms with Gasteiger partial charge in [0.05, 0.1) is 6.67 Å². The number of aliphatic hydroxyl groups excluding tert-OH is 1. The van der Waals surface area contributed by atoms with Crippen LogP contribution < -0.4 is 0 Å². The summed E-state index contributed by atoms with van der Waals surface area (Å²) in [7, 11) is 0. The van der Waals surface area contributed by atoms with E-state index < -0.39 is 0 Å². The fourth-order valence-electron chi connectivity index (χ4n) is 3.00. The minimum absolute atomic E-state index is 0.181. The van der Waals surface area contributed by atoms with Gasteiger partial charge in [-0.25, -0.2) is 0 Å². The van der Waals surface area contributed by atoms with E-state index in [-0.39, 0.29) is 6.67 Å². The third kappa shape index (κ3) is 7.45. The smallest absolute Gasteiger partial charge is 0.0891 e. The van der Waals surface area contributed by atoms with E-state index in [4.69, 9.17) is 0 Å². The van der Waals surface area contributed by atoms with Gasteiger partial charge in [0.25, 0.3) is 0 Å². The van der Waals surface area contributed by atoms with E-state index in [9.17, 15) is 9.50 Å². The quantitative estimate of drug-likeness (QED) is 0.797. The lowest BCUT2D eigenvalue weighted by atomic mass is 9.96. The molecular formula is C20H34FNO. The van der Waals surface area contributed by atoms with E-state index in [1.807, 2.05) is 0 Å². The van der Waals surface area contributed by atoms with E-state index in [0.29, 0.717) is 18.9 Å². The number of aryl methyl sites for hydroxylation is 1. The number of alkyl halides is 1. The van der Waals surface area contributed by atoms with E-state index in [1.165, 1.54) is 29.5 Å². The molecule has 1 aromatic rings. The van der Waals surface area contributed by atoms with Gasteiger partial charge in [-0.05, 0) is 43.2 Å². The Hall–Kier alpha value is -0.930. The number of fused-ring (bicyclic) bond motifs is 1. The molecule has 0 radical (unpaired) electrons. The predicted octanol–water partition coefficient (Wildman–Crippen LogP) is 4.52. The van der Waals surface area contributed by atoms with Gasteiger partial charge in [-0.1, -0.05) is 50.5 Å². The number of halogens is 1. The Kier molecular flexibility index (Phi) is 10.1. The largest absolute Gasteiger partial charge is 0.396 e. The molecule has 23 heavy (non-hydrogen) atoms. The van der Waals surface area contributed by atoms with Crippen LogP contribution in [0.1, 0.15) is 56.2 Å². The summed E-state index contributed by atoms with van der Waals surface area (Å²) in [5, 5.41) is 9.50. The molecule has 0 fully saturated rings. The van der Waals surface area contributed by atoms with Crippen molar-refractivity contribution in [1.29, 1.82) is 0 Å². The van der Waals surface area contributed by atoms with Gasteiger partial charge in [0.15, 0.2) is 0 Å². The van der Waals surface area contributed by atoms with Gasteiger partial charge in [-0.15, -0.1) is 0 Å². The van der Waals surface area contributed by atoms with Crippen molar-refractivity contribution in [2.24, 2.45) is 5.92 Å². The molecule has 132 valence electrons. The van der Waals surface area contributed by atoms with E-state index in [2.05, 4.69) is 36.9 Å². The molecule has 2 nitrogen and oxygen atoms in total. The summed E-state index contributed by atoms with van der Waals surface area (Å²) in [4.78, 5) is 2.51. The van der Waals surface area contributed by atoms with Crippen LogP contribution in [0.5, 0.6) is 0 Å². The van der Waals surface area contributed by atoms with E-state index in [1.54, 1.807) is 6.92 Å². The van der Waals surface area contributed by atoms with Crippen molar-refractivity contribution in [3.8, 4) is 0 Å². The van der Waals surface area contributed by atoms with Crippen LogP contribution in [0.3, 0.4) is 0 Å². The first-order valence-electron chi connectivity index (χ1n) is 9.12. The monoisotopic (exact) mass is 323 g/mol. The molecule has 1 atom stereocenters. The van der Waals surface area contributed by atoms with Crippen molar-refractivity contribution in [3.05, 3.63) is 34.9 Å². The number of aliphatic hydroxyl groups is 1. The molecule has 0 saturated carbocycles. The average molecular weight is 323 g/mol. The molecule has 0 unspecified atom stereocenters. The number of rotatable bonds is 7. The van der Waals surface area contributed by atoms with Crippen LogP contribution in [0.2, 0.25) is 0 Å². The third-order valence-corrected chi connectivity index (χ3v) is 4.38. The standard InChI is InChI=1S/C17H27NO.C3H7F/c1-3-4-5-15(13-19)11-18-9-8-16-7-6-14(2)10-17(16)12-18;1-2-3-4/h6-7,10,15,19H,3-5,8-9,11-13H2,1-2H3;2-3H2,1H3/t15-;/m1./s1. The SMILES string of the molecule is CCCC[C@@H](CO)CN1CCc2ccc(C)cc2C1.CCCF. The second-order valence-electron chi connectivity index (χ2n) is 6.64. The molecule has 2 rings (SSSR count). The number of benzene rings is 1. The van der Waals surface area contributed by atoms with Crippen molar-refractivity contribution in [2.45, 2.75) is 59.4 Å². The first-order chi connectivity index (χ1) is 11.1. The Bertz CT molecular complexity index is 434. The molecule has 0 aliphatic carbocycles. The molecule has 0 amide bonds. The molecule has 1 aromatic carbocycles. The van der Waals surface area contributed by atoms with Gasteiger partial charge >= 0.3 is 0 Å². The molecule has 1 aliphatic rings. The fourth-order valence-corrected chi connectivity index (χ4v) is 3.00. The van der Waals surface area contributed by atoms with Crippen molar-refractivity contribution in [2.75, 3.05) is 26.4 Å². The lowest BCUT2D eigenvalue weighted by Crippen LogP contribution is -2.35. The average Bonchev–Trinajstić information content (AvgIpc) is 2.58. The summed E-state index contributed by atoms with van der Waals surface area (Å²) in [6.07, 6.45) is 5.42. The fraction of sp³-hybridized carbons (Fsp3) is 0.700. The minimum Gasteiger partial charge on any atom is -0.396 e. The first-order valence-corrected chi connectivity index (χ1v) is 9.12. The zero-order chi connectivity index (χ0) is 17.1. The minimum atomic E-state index is -0.181. The van der Waals surface area contributed by atoms with Gasteiger partial charge in [-0.2, -0.15) is 0 Å². The maximum atomic E-state index is 10.7. The zero-order valence-electron chi connectivity index (χ0n) is 15.2. The Labute approximate surface area is 141 Å². The number of hydrogen-bond donors (Lipinski definition) is 1. The summed E-state index contributed by atoms with van der Waals surface area (Å²) in [6.45, 7) is 9.57. The number of hydrogen-bond acceptors (Lipinski definition) is 2. The normalized spacial score (nSPS) is 15.5. The molecule has 0 aromatic heterocycles. The van der Waals surface area contributed by atoms with Crippen LogP contribution in [0.15, 0.2) is 18.2 Å². The third-order valence-electron chi connectivity index (χ3n) is 4.38. The molecule has 1 aliphatic heterocycles. The molecule has 0 spiro atoms. The second kappa shape index (κ2) is 11.6. The van der Waals surface area contributed by atoms with Gasteiger partial charge in [0, 0.05) is 26.2 Å². The lowest BCUT2D eigenvalue weighted by molar-refractivity contribution is 0.146. The molecule has 1 heterocycles. The van der Waals surface area contributed by atoms with E-state index >= 15 is 0 Å². The Morgan fingerprint density at radius 1 is 1.22 bits per heavy atom. The summed E-state index contributed by atoms with van der Waals surface area (Å²) in [5.74, 6) is 0.450. The highest BCUT2D eigenvalue weighted by molar-refractivity contribution is 5.33. The first kappa shape index (κ1) is 20.1. The molecule has 0 bridgehead atoms. The molecule has 0 saturated heterocycles. The molecule has 1 N–H and O–H groups in total. The predicted molar refractivity (Wildman–Crippen MR) is 96.5 cm³/mol. The van der Waals surface area contributed by atoms with Crippen LogP contribution in [0.4, 0.5) is 4.39 Å². The van der Waals surface area contributed by atoms with E-state index in [0.717, 1.165) is 32.5 Å². The Morgan fingerprint density at radius 3 is 2.57 bits per heavy atom. The summed E-state index contributed by atoms with van der Waals surface area (Å²) in [6, 6.07) is 6.82. The van der Waals surface area contributed by atoms with Crippen LogP contribution in [0, 0.1) is 12.8 Å². The zero-order valence-corrected chi connectivity index (χ0v) is 15.2. The van der Waals surface area contributed by atoms with Crippen molar-refractivity contribution < 1.29 is 9.50 Å². The van der Waals surface area contributed by atoms with Crippen LogP contribution >= 0.6 is 0 Å². The van der Waals surface area contributed by atoms with Crippen LogP contribution in [0.25, 0.3) is 0 Å². The van der Waals surface area contributed by atoms with Gasteiger partial charge < -0.3 is 5.11 Å². The molecule has 3 heteroatoms. The highest BCUT2D eigenvalue weighted by Gasteiger charge is 2.19. The van der Waals surface area contributed by atoms with Gasteiger partial charge in [0.2, 0.25) is 0 Å². The van der Waals surface area contributed by atoms with Crippen molar-refractivity contribution in [1.82, 2.24) is 4.90 Å². The van der Waals surface area contributed by atoms with Crippen LogP contribution in [-0.2, 0) is 13.0 Å². The number of unbranched alkanes of at least 4 members (excludes halogenated alkanes) is 1. The Morgan fingerprint density at radius 2 is 1.96 bits per heavy atom. The topological polar surface area (TPSA) is 23.5 Å². The summed E-state index contributed by atoms with van der Waals surface area (Å²) >= 11 is 0. The van der Waals surface area contributed by atoms with Gasteiger partial charge in [-0.3, -0.25) is 9.29 Å². The van der Waals surface area contributed by atoms with Crippen LogP contribution in [-0.4, -0.2) is 36.4 Å². The maximum absolute atomic E-state index is 10.7. The lowest BCUT2D eigenvalue weighted by Gasteiger charge is -2.31. The molecular weight excluding hydrogens is 289 g/mol. The van der Waals surface area contributed by atoms with Gasteiger partial charge in [0.1, 0.15) is 0 Å². The maximum Gasteiger partial charge on any atom is 0.0891 e. The summed E-state index contributed by atoms with van der Waals surface area (Å²) in [5.41, 5.74) is 4.35. The van der Waals surface area contributed by atoms with Crippen molar-refractivity contribution >= 4 is 0 Å². The Balaban J connectivity index is 0.000000593. The van der Waals surface area contributed by atoms with Crippen molar-refractivity contribution in [3.63, 3.8) is 0 Å². The number of nitrogens with zero attached hydrogens (tertiary/aromatic N) is 1. The summed E-state index contributed by atoms with van der Waals surface area (Å²) < 4.78 is 10.7. The highest BCUT2D eigenvalue weighted by atomic mass is 19.1.